The molecule has 4 rings (SSSR count). The zero-order chi connectivity index (χ0) is 23.0. The molecule has 0 bridgehead atoms. The number of nitrogens with zero attached hydrogens (tertiary/aromatic N) is 1. The van der Waals surface area contributed by atoms with Crippen molar-refractivity contribution in [3.63, 3.8) is 0 Å². The molecule has 33 heavy (non-hydrogen) atoms. The number of benzene rings is 1. The average molecular weight is 552 g/mol. The molecule has 3 aliphatic rings. The fourth-order valence-electron chi connectivity index (χ4n) is 5.10. The van der Waals surface area contributed by atoms with Gasteiger partial charge in [-0.25, -0.2) is 0 Å². The Kier molecular flexibility index (Phi) is 9.68. The monoisotopic (exact) mass is 550 g/mol. The first-order valence-corrected chi connectivity index (χ1v) is 15.2. The molecule has 3 fully saturated rings. The standard InChI is InChI=1S/C26H35BrN2O2S2/c27-20-9-6-8-19(16-20)17-24-26(31)29(22-12-4-5-13-23(22)33-24)18-25(30)28-14-7-15-32-21-10-2-1-3-11-21/h6,8-9,16-17,21-23H,1-5,7,10-15,18H2,(H,28,30)/b24-17+. The quantitative estimate of drug-likeness (QED) is 0.307. The van der Waals surface area contributed by atoms with Crippen LogP contribution in [-0.2, 0) is 9.59 Å². The van der Waals surface area contributed by atoms with Crippen molar-refractivity contribution in [2.24, 2.45) is 0 Å². The molecule has 2 unspecified atom stereocenters. The first-order chi connectivity index (χ1) is 16.1. The highest BCUT2D eigenvalue weighted by Gasteiger charge is 2.41. The second-order valence-corrected chi connectivity index (χ2v) is 12.9. The van der Waals surface area contributed by atoms with Gasteiger partial charge in [0.2, 0.25) is 5.91 Å². The third-order valence-corrected chi connectivity index (χ3v) is 10.2. The number of hydrogen-bond donors (Lipinski definition) is 1. The Morgan fingerprint density at radius 3 is 2.76 bits per heavy atom. The van der Waals surface area contributed by atoms with Crippen LogP contribution in [0, 0.1) is 0 Å². The molecule has 0 radical (unpaired) electrons. The lowest BCUT2D eigenvalue weighted by molar-refractivity contribution is -0.135. The smallest absolute Gasteiger partial charge is 0.261 e. The molecular weight excluding hydrogens is 516 g/mol. The molecule has 2 atom stereocenters. The Labute approximate surface area is 215 Å². The molecule has 1 saturated heterocycles. The maximum Gasteiger partial charge on any atom is 0.261 e. The number of amides is 2. The Morgan fingerprint density at radius 2 is 1.94 bits per heavy atom. The predicted octanol–water partition coefficient (Wildman–Crippen LogP) is 6.25. The summed E-state index contributed by atoms with van der Waals surface area (Å²) < 4.78 is 0.999. The zero-order valence-electron chi connectivity index (χ0n) is 19.3. The van der Waals surface area contributed by atoms with Crippen molar-refractivity contribution in [2.75, 3.05) is 18.8 Å². The van der Waals surface area contributed by atoms with E-state index in [4.69, 9.17) is 0 Å². The number of nitrogens with one attached hydrogen (secondary N) is 1. The summed E-state index contributed by atoms with van der Waals surface area (Å²) in [7, 11) is 0. The third kappa shape index (κ3) is 7.28. The first kappa shape index (κ1) is 25.2. The van der Waals surface area contributed by atoms with Crippen molar-refractivity contribution in [3.8, 4) is 0 Å². The zero-order valence-corrected chi connectivity index (χ0v) is 22.5. The van der Waals surface area contributed by atoms with E-state index in [0.717, 1.165) is 51.6 Å². The summed E-state index contributed by atoms with van der Waals surface area (Å²) in [5, 5.41) is 4.28. The van der Waals surface area contributed by atoms with Gasteiger partial charge in [0, 0.05) is 27.6 Å². The molecule has 1 aromatic carbocycles. The van der Waals surface area contributed by atoms with Crippen molar-refractivity contribution < 1.29 is 9.59 Å². The number of thioether (sulfide) groups is 2. The Hall–Kier alpha value is -0.920. The molecule has 1 aliphatic heterocycles. The minimum atomic E-state index is -0.0240. The molecule has 2 aliphatic carbocycles. The highest BCUT2D eigenvalue weighted by molar-refractivity contribution is 9.10. The van der Waals surface area contributed by atoms with Crippen LogP contribution in [-0.4, -0.2) is 52.1 Å². The van der Waals surface area contributed by atoms with Crippen molar-refractivity contribution in [1.82, 2.24) is 10.2 Å². The molecular formula is C26H35BrN2O2S2. The molecule has 2 amide bonds. The average Bonchev–Trinajstić information content (AvgIpc) is 2.82. The van der Waals surface area contributed by atoms with Gasteiger partial charge in [0.15, 0.2) is 0 Å². The molecule has 1 N–H and O–H groups in total. The van der Waals surface area contributed by atoms with Crippen LogP contribution in [0.2, 0.25) is 0 Å². The summed E-state index contributed by atoms with van der Waals surface area (Å²) in [4.78, 5) is 28.8. The minimum Gasteiger partial charge on any atom is -0.355 e. The summed E-state index contributed by atoms with van der Waals surface area (Å²) in [6.07, 6.45) is 14.3. The number of rotatable bonds is 8. The van der Waals surface area contributed by atoms with Gasteiger partial charge in [-0.2, -0.15) is 11.8 Å². The van der Waals surface area contributed by atoms with E-state index in [1.165, 1.54) is 38.5 Å². The molecule has 0 spiro atoms. The van der Waals surface area contributed by atoms with Gasteiger partial charge in [0.25, 0.3) is 5.91 Å². The molecule has 1 heterocycles. The van der Waals surface area contributed by atoms with Gasteiger partial charge in [-0.3, -0.25) is 9.59 Å². The number of fused-ring (bicyclic) bond motifs is 1. The van der Waals surface area contributed by atoms with E-state index in [-0.39, 0.29) is 24.4 Å². The predicted molar refractivity (Wildman–Crippen MR) is 144 cm³/mol. The van der Waals surface area contributed by atoms with Crippen LogP contribution >= 0.6 is 39.5 Å². The summed E-state index contributed by atoms with van der Waals surface area (Å²) in [5.41, 5.74) is 1.01. The van der Waals surface area contributed by atoms with Crippen LogP contribution < -0.4 is 5.32 Å². The highest BCUT2D eigenvalue weighted by atomic mass is 79.9. The van der Waals surface area contributed by atoms with E-state index >= 15 is 0 Å². The van der Waals surface area contributed by atoms with Crippen LogP contribution in [0.25, 0.3) is 6.08 Å². The molecule has 1 aromatic rings. The Morgan fingerprint density at radius 1 is 1.15 bits per heavy atom. The largest absolute Gasteiger partial charge is 0.355 e. The Bertz CT molecular complexity index is 856. The molecule has 180 valence electrons. The number of halogens is 1. The topological polar surface area (TPSA) is 49.4 Å². The Balaban J connectivity index is 1.32. The van der Waals surface area contributed by atoms with Crippen LogP contribution in [0.4, 0.5) is 0 Å². The lowest BCUT2D eigenvalue weighted by atomic mass is 9.93. The number of hydrogen-bond acceptors (Lipinski definition) is 4. The summed E-state index contributed by atoms with van der Waals surface area (Å²) >= 11 is 7.30. The number of carbonyl (C=O) groups excluding carboxylic acids is 2. The van der Waals surface area contributed by atoms with E-state index in [0.29, 0.717) is 11.8 Å². The van der Waals surface area contributed by atoms with Crippen LogP contribution in [0.5, 0.6) is 0 Å². The van der Waals surface area contributed by atoms with Gasteiger partial charge in [-0.1, -0.05) is 60.2 Å². The first-order valence-electron chi connectivity index (χ1n) is 12.4. The van der Waals surface area contributed by atoms with E-state index in [1.54, 1.807) is 11.8 Å². The fourth-order valence-corrected chi connectivity index (χ4v) is 8.30. The van der Waals surface area contributed by atoms with Crippen LogP contribution in [0.15, 0.2) is 33.6 Å². The second kappa shape index (κ2) is 12.7. The SMILES string of the molecule is O=C(CN1C(=O)/C(=C\c2cccc(Br)c2)SC2CCCCC21)NCCCSC1CCCCC1. The van der Waals surface area contributed by atoms with Crippen molar-refractivity contribution in [1.29, 1.82) is 0 Å². The van der Waals surface area contributed by atoms with Crippen molar-refractivity contribution in [2.45, 2.75) is 80.7 Å². The van der Waals surface area contributed by atoms with E-state index < -0.39 is 0 Å². The lowest BCUT2D eigenvalue weighted by Gasteiger charge is -2.43. The van der Waals surface area contributed by atoms with Crippen LogP contribution in [0.3, 0.4) is 0 Å². The van der Waals surface area contributed by atoms with E-state index in [1.807, 2.05) is 35.2 Å². The van der Waals surface area contributed by atoms with E-state index in [9.17, 15) is 9.59 Å². The minimum absolute atomic E-state index is 0.00568. The number of carbonyl (C=O) groups is 2. The second-order valence-electron chi connectivity index (χ2n) is 9.34. The van der Waals surface area contributed by atoms with Gasteiger partial charge < -0.3 is 10.2 Å². The van der Waals surface area contributed by atoms with Crippen molar-refractivity contribution in [3.05, 3.63) is 39.2 Å². The third-order valence-electron chi connectivity index (χ3n) is 6.83. The maximum absolute atomic E-state index is 13.4. The lowest BCUT2D eigenvalue weighted by Crippen LogP contribution is -2.54. The van der Waals surface area contributed by atoms with Gasteiger partial charge in [-0.05, 0) is 61.6 Å². The maximum atomic E-state index is 13.4. The summed E-state index contributed by atoms with van der Waals surface area (Å²) in [5.74, 6) is 1.09. The summed E-state index contributed by atoms with van der Waals surface area (Å²) in [6, 6.07) is 8.18. The fraction of sp³-hybridized carbons (Fsp3) is 0.615. The normalized spacial score (nSPS) is 25.2. The van der Waals surface area contributed by atoms with Gasteiger partial charge in [0.1, 0.15) is 6.54 Å². The highest BCUT2D eigenvalue weighted by Crippen LogP contribution is 2.42. The van der Waals surface area contributed by atoms with Crippen LogP contribution in [0.1, 0.15) is 69.8 Å². The molecule has 7 heteroatoms. The molecule has 0 aromatic heterocycles. The molecule has 4 nitrogen and oxygen atoms in total. The van der Waals surface area contributed by atoms with Gasteiger partial charge in [-0.15, -0.1) is 11.8 Å². The van der Waals surface area contributed by atoms with Gasteiger partial charge >= 0.3 is 0 Å². The molecule has 2 saturated carbocycles. The summed E-state index contributed by atoms with van der Waals surface area (Å²) in [6.45, 7) is 0.871. The van der Waals surface area contributed by atoms with E-state index in [2.05, 4.69) is 33.0 Å². The van der Waals surface area contributed by atoms with Gasteiger partial charge in [0.05, 0.1) is 4.91 Å². The van der Waals surface area contributed by atoms with Crippen molar-refractivity contribution >= 4 is 57.3 Å².